The molecule has 0 aromatic heterocycles. The largest absolute Gasteiger partial charge is 0.408 e. The van der Waals surface area contributed by atoms with E-state index in [1.165, 1.54) is 25.2 Å². The molecule has 0 bridgehead atoms. The van der Waals surface area contributed by atoms with Crippen molar-refractivity contribution in [2.24, 2.45) is 11.8 Å². The predicted octanol–water partition coefficient (Wildman–Crippen LogP) is 25.5. The van der Waals surface area contributed by atoms with E-state index in [4.69, 9.17) is 65.1 Å². The molecule has 7 aromatic rings. The van der Waals surface area contributed by atoms with Crippen LogP contribution in [0.1, 0.15) is 202 Å². The second kappa shape index (κ2) is 51.4. The quantitative estimate of drug-likeness (QED) is 0.00886. The zero-order chi connectivity index (χ0) is 99.9. The fraction of sp³-hybridized carbons (Fsp3) is 0.550. The molecule has 0 aliphatic carbocycles. The predicted molar refractivity (Wildman–Crippen MR) is 588 cm³/mol. The van der Waals surface area contributed by atoms with Crippen molar-refractivity contribution in [2.75, 3.05) is 45.4 Å². The number of esters is 2. The fourth-order valence-corrected chi connectivity index (χ4v) is 32.1. The van der Waals surface area contributed by atoms with Crippen LogP contribution in [0.2, 0.25) is 97.7 Å². The van der Waals surface area contributed by atoms with Gasteiger partial charge in [-0.05, 0) is 163 Å². The Morgan fingerprint density at radius 2 is 0.807 bits per heavy atom. The maximum atomic E-state index is 13.7. The molecule has 10 atom stereocenters. The van der Waals surface area contributed by atoms with Gasteiger partial charge in [0.1, 0.15) is 23.5 Å². The number of benzene rings is 7. The minimum atomic E-state index is -2.79. The zero-order valence-corrected chi connectivity index (χ0v) is 97.7. The molecule has 135 heavy (non-hydrogen) atoms. The van der Waals surface area contributed by atoms with Crippen LogP contribution >= 0.6 is 22.6 Å². The van der Waals surface area contributed by atoms with Gasteiger partial charge < -0.3 is 50.9 Å². The topological polar surface area (TPSA) is 163 Å². The Balaban J connectivity index is 0.000000335. The summed E-state index contributed by atoms with van der Waals surface area (Å²) in [5.41, 5.74) is 4.63. The molecule has 9 rings (SSSR count). The van der Waals surface area contributed by atoms with E-state index in [1.807, 2.05) is 84.0 Å². The Morgan fingerprint density at radius 1 is 0.459 bits per heavy atom. The molecule has 0 N–H and O–H groups in total. The molecule has 2 aliphatic heterocycles. The van der Waals surface area contributed by atoms with Gasteiger partial charge in [0.25, 0.3) is 16.6 Å². The van der Waals surface area contributed by atoms with E-state index in [-0.39, 0.29) is 111 Å². The number of alkyl halides is 1. The van der Waals surface area contributed by atoms with E-state index in [9.17, 15) is 9.59 Å². The summed E-state index contributed by atoms with van der Waals surface area (Å²) in [5.74, 6) is -1.00. The number of hydrogen-bond donors (Lipinski definition) is 0. The number of methoxy groups -OCH3 is 2. The van der Waals surface area contributed by atoms with E-state index in [2.05, 4.69) is 369 Å². The molecule has 2 unspecified atom stereocenters. The first kappa shape index (κ1) is 118. The van der Waals surface area contributed by atoms with Gasteiger partial charge in [0.05, 0.1) is 31.0 Å². The van der Waals surface area contributed by atoms with Crippen LogP contribution in [-0.2, 0) is 60.9 Å². The van der Waals surface area contributed by atoms with Crippen LogP contribution in [0.3, 0.4) is 0 Å². The number of hydrogen-bond acceptors (Lipinski definition) is 16. The summed E-state index contributed by atoms with van der Waals surface area (Å²) in [6.07, 6.45) is 12.9. The number of ether oxygens (including phenoxy) is 10. The van der Waals surface area contributed by atoms with Gasteiger partial charge in [0, 0.05) is 31.8 Å². The molecule has 0 spiro atoms. The Bertz CT molecular complexity index is 4760. The third kappa shape index (κ3) is 34.4. The number of rotatable bonds is 42. The summed E-state index contributed by atoms with van der Waals surface area (Å²) >= 11 is 2.66. The van der Waals surface area contributed by atoms with Crippen LogP contribution in [0.5, 0.6) is 11.5 Å². The van der Waals surface area contributed by atoms with Crippen LogP contribution in [0.4, 0.5) is 0 Å². The molecule has 16 nitrogen and oxygen atoms in total. The third-order valence-electron chi connectivity index (χ3n) is 25.9. The first-order valence-electron chi connectivity index (χ1n) is 48.1. The average molecular weight is 2140 g/mol. The van der Waals surface area contributed by atoms with Crippen molar-refractivity contribution in [1.82, 2.24) is 0 Å². The molecular formula is C111H171IO16SeSi6. The Hall–Kier alpha value is -5.55. The van der Waals surface area contributed by atoms with Crippen LogP contribution < -0.4 is 34.7 Å². The summed E-state index contributed by atoms with van der Waals surface area (Å²) in [4.78, 5) is 26.7. The fourth-order valence-electron chi connectivity index (χ4n) is 16.1. The van der Waals surface area contributed by atoms with Gasteiger partial charge >= 0.3 is 182 Å². The summed E-state index contributed by atoms with van der Waals surface area (Å²) in [7, 11) is -9.41. The van der Waals surface area contributed by atoms with E-state index in [0.717, 1.165) is 44.9 Å². The first-order valence-corrected chi connectivity index (χ1v) is 68.8. The molecule has 2 aliphatic rings. The van der Waals surface area contributed by atoms with Gasteiger partial charge in [-0.25, -0.2) is 4.79 Å². The van der Waals surface area contributed by atoms with Crippen molar-refractivity contribution >= 4 is 130 Å². The maximum absolute atomic E-state index is 13.7. The Labute approximate surface area is 842 Å². The molecule has 2 heterocycles. The standard InChI is InChI=1S/C52H80O8Si3.C36H57IO4Si2.C22H30O4SeSi.CH4/c1-38-35-41(47(46(36-38)56-37-54-12)49(53)55-33-34-61(13,14)15)25-24-30-44-48(58-52(10,11)57-44)45(60-62(16,17)50(4,5)6)32-31-39(2)40(3)59-63(51(7,8)9,42-26-20-18-21-27-42)43-28-22-19-23-29-43;1-27(23-24-32(41-42(11,12)34(3,4)5)33-31(25-26-37)38-36(9,10)39-33)28(2)40-43(35(6,7)8,29-19-15-13-16-20-29)30-21-17-14-18-22-30;1-17-13-18(15-27-19-9-7-6-8-10-19)21(20(14-17)26-16-24-2)22(23)25-11-12-28(3,4)5;/h18-29,31-32,35-36,39-40,44-45,48H,30,33-34,37H2,1-17H3;13-24,27-28,31-33H,25-26H2,1-12H3;6-10,13-14H,11-12,15-16H2,1-5H3;1H4/b25-24+,32-31-;24-23-;;/t39-,40-,44+,45?,48+;27-,28+,31+,32?,33+;;/m11../s1. The summed E-state index contributed by atoms with van der Waals surface area (Å²) in [6.45, 7) is 72.3. The summed E-state index contributed by atoms with van der Waals surface area (Å²) in [6, 6.07) is 63.4. The van der Waals surface area contributed by atoms with Crippen molar-refractivity contribution in [2.45, 2.75) is 336 Å². The number of aryl methyl sites for hydroxylation is 2. The van der Waals surface area contributed by atoms with Crippen LogP contribution in [0, 0.1) is 25.7 Å². The van der Waals surface area contributed by atoms with Gasteiger partial charge in [-0.3, -0.25) is 0 Å². The average Bonchev–Trinajstić information content (AvgIpc) is 1.13. The number of carbonyl (C=O) groups is 2. The van der Waals surface area contributed by atoms with Crippen molar-refractivity contribution < 1.29 is 74.7 Å². The number of halogens is 1. The van der Waals surface area contributed by atoms with Crippen molar-refractivity contribution in [1.29, 1.82) is 0 Å². The monoisotopic (exact) mass is 2130 g/mol. The van der Waals surface area contributed by atoms with E-state index in [0.29, 0.717) is 47.8 Å². The third-order valence-corrected chi connectivity index (χ3v) is 51.3. The van der Waals surface area contributed by atoms with Gasteiger partial charge in [0.2, 0.25) is 0 Å². The van der Waals surface area contributed by atoms with Gasteiger partial charge in [-0.2, -0.15) is 0 Å². The summed E-state index contributed by atoms with van der Waals surface area (Å²) < 4.78 is 91.5. The molecule has 0 amide bonds. The molecule has 748 valence electrons. The Morgan fingerprint density at radius 3 is 1.16 bits per heavy atom. The Kier molecular flexibility index (Phi) is 45.0. The smallest absolute Gasteiger partial charge is 0.261 e. The van der Waals surface area contributed by atoms with Crippen LogP contribution in [0.15, 0.2) is 206 Å². The van der Waals surface area contributed by atoms with Crippen molar-refractivity contribution in [3.05, 3.63) is 240 Å². The normalized spacial score (nSPS) is 18.3. The van der Waals surface area contributed by atoms with E-state index < -0.39 is 79.2 Å². The minimum absolute atomic E-state index is 0. The first-order chi connectivity index (χ1) is 62.4. The second-order valence-electron chi connectivity index (χ2n) is 44.7. The molecule has 0 radical (unpaired) electrons. The molecule has 2 fully saturated rings. The van der Waals surface area contributed by atoms with Crippen LogP contribution in [0.25, 0.3) is 6.08 Å². The van der Waals surface area contributed by atoms with Crippen LogP contribution in [-0.4, -0.2) is 182 Å². The van der Waals surface area contributed by atoms with Crippen molar-refractivity contribution in [3.63, 3.8) is 0 Å². The number of carbonyl (C=O) groups excluding carboxylic acids is 2. The van der Waals surface area contributed by atoms with Gasteiger partial charge in [0.15, 0.2) is 35.0 Å². The molecule has 0 saturated carbocycles. The molecule has 24 heteroatoms. The van der Waals surface area contributed by atoms with E-state index in [1.54, 1.807) is 14.2 Å². The molecule has 7 aromatic carbocycles. The zero-order valence-electron chi connectivity index (χ0n) is 87.9. The molecule has 2 saturated heterocycles. The second-order valence-corrected chi connectivity index (χ2v) is 77.2. The van der Waals surface area contributed by atoms with E-state index >= 15 is 0 Å². The summed E-state index contributed by atoms with van der Waals surface area (Å²) in [5, 5.41) is 5.75. The minimum Gasteiger partial charge on any atom is -0.408 e. The van der Waals surface area contributed by atoms with Crippen molar-refractivity contribution in [3.8, 4) is 11.5 Å². The SMILES string of the molecule is C.COCOc1cc(C)cc(/C=C/C[C@@H]2OC(C)(C)O[C@@H]2C(/C=C\[C@@H](C)[C@@H](C)O[Si](c2ccccc2)(c2ccccc2)C(C)(C)C)O[Si](C)(C)C(C)(C)C)c1C(=O)OCC[Si](C)(C)C.COCOc1cc(C)cc(C[Se]c2ccccc2)c1C(=O)OCC[Si](C)(C)C.C[C@H](/C=C\C(O[Si](C)(C)C(C)(C)C)[C@H]1OC(C)(C)O[C@H]1CCI)[C@H](C)O[Si](c1ccccc1)(c1ccccc1)C(C)(C)C. The maximum Gasteiger partial charge on any atom is 0.261 e. The van der Waals surface area contributed by atoms with Gasteiger partial charge in [-0.15, -0.1) is 0 Å². The van der Waals surface area contributed by atoms with Gasteiger partial charge in [-0.1, -0.05) is 310 Å². The molecular weight excluding hydrogens is 1960 g/mol.